The lowest BCUT2D eigenvalue weighted by molar-refractivity contribution is -0.918. The number of aryl methyl sites for hydroxylation is 1. The largest absolute Gasteiger partial charge is 0.420 e. The molecule has 1 aromatic carbocycles. The third-order valence-corrected chi connectivity index (χ3v) is 6.13. The summed E-state index contributed by atoms with van der Waals surface area (Å²) in [6, 6.07) is 3.57. The molecule has 1 N–H and O–H groups in total. The topological polar surface area (TPSA) is 80.7 Å². The van der Waals surface area contributed by atoms with Crippen molar-refractivity contribution < 1.29 is 30.9 Å². The number of sulfonamides is 1. The zero-order valence-electron chi connectivity index (χ0n) is 14.0. The fourth-order valence-electron chi connectivity index (χ4n) is 2.81. The van der Waals surface area contributed by atoms with E-state index in [4.69, 9.17) is 4.42 Å². The Morgan fingerprint density at radius 1 is 1.15 bits per heavy atom. The molecule has 2 aromatic rings. The maximum atomic E-state index is 12.6. The molecule has 142 valence electrons. The number of hydrogen-bond acceptors (Lipinski definition) is 5. The Bertz CT molecular complexity index is 857. The molecule has 11 heteroatoms. The van der Waals surface area contributed by atoms with E-state index in [2.05, 4.69) is 10.2 Å². The second-order valence-corrected chi connectivity index (χ2v) is 8.01. The van der Waals surface area contributed by atoms with Gasteiger partial charge in [0.15, 0.2) is 6.54 Å². The number of halogens is 3. The Hall–Kier alpha value is -1.98. The Kier molecular flexibility index (Phi) is 5.04. The molecule has 1 saturated heterocycles. The van der Waals surface area contributed by atoms with E-state index in [1.165, 1.54) is 4.31 Å². The fraction of sp³-hybridized carbons (Fsp3) is 0.467. The third kappa shape index (κ3) is 4.05. The van der Waals surface area contributed by atoms with E-state index >= 15 is 0 Å². The molecule has 0 bridgehead atoms. The zero-order chi connectivity index (χ0) is 18.9. The molecule has 1 aliphatic rings. The van der Waals surface area contributed by atoms with Crippen molar-refractivity contribution in [3.63, 3.8) is 0 Å². The first-order valence-corrected chi connectivity index (χ1v) is 9.40. The van der Waals surface area contributed by atoms with E-state index in [0.717, 1.165) is 29.2 Å². The average molecular weight is 391 g/mol. The van der Waals surface area contributed by atoms with E-state index in [1.54, 1.807) is 6.92 Å². The van der Waals surface area contributed by atoms with Crippen LogP contribution in [0.1, 0.15) is 17.3 Å². The highest BCUT2D eigenvalue weighted by Crippen LogP contribution is 2.30. The molecule has 0 saturated carbocycles. The van der Waals surface area contributed by atoms with Crippen molar-refractivity contribution in [3.05, 3.63) is 41.6 Å². The normalized spacial score (nSPS) is 17.5. The van der Waals surface area contributed by atoms with Crippen LogP contribution < -0.4 is 4.90 Å². The lowest BCUT2D eigenvalue weighted by Crippen LogP contribution is -3.13. The van der Waals surface area contributed by atoms with Crippen LogP contribution in [0.15, 0.2) is 33.6 Å². The number of hydrogen-bond donors (Lipinski definition) is 1. The third-order valence-electron chi connectivity index (χ3n) is 4.22. The SMILES string of the molecule is Cc1nnc(C[NH+]2CCN(S(=O)(=O)c3ccc(C(F)(F)F)cc3)CC2)o1. The van der Waals surface area contributed by atoms with Crippen LogP contribution in [0.3, 0.4) is 0 Å². The first kappa shape index (κ1) is 18.8. The minimum atomic E-state index is -4.50. The number of rotatable bonds is 4. The molecule has 1 fully saturated rings. The van der Waals surface area contributed by atoms with Gasteiger partial charge < -0.3 is 9.32 Å². The van der Waals surface area contributed by atoms with Crippen LogP contribution in [0.4, 0.5) is 13.2 Å². The maximum Gasteiger partial charge on any atom is 0.416 e. The van der Waals surface area contributed by atoms with Gasteiger partial charge >= 0.3 is 6.18 Å². The molecule has 0 atom stereocenters. The van der Waals surface area contributed by atoms with Gasteiger partial charge in [-0.15, -0.1) is 10.2 Å². The van der Waals surface area contributed by atoms with Crippen molar-refractivity contribution in [3.8, 4) is 0 Å². The molecule has 2 heterocycles. The molecule has 0 spiro atoms. The summed E-state index contributed by atoms with van der Waals surface area (Å²) in [5.74, 6) is 0.972. The van der Waals surface area contributed by atoms with E-state index in [9.17, 15) is 21.6 Å². The molecule has 0 aliphatic carbocycles. The number of nitrogens with one attached hydrogen (secondary N) is 1. The lowest BCUT2D eigenvalue weighted by atomic mass is 10.2. The molecular formula is C15H18F3N4O3S+. The number of benzene rings is 1. The van der Waals surface area contributed by atoms with Gasteiger partial charge in [-0.05, 0) is 24.3 Å². The van der Waals surface area contributed by atoms with Gasteiger partial charge in [-0.3, -0.25) is 0 Å². The second-order valence-electron chi connectivity index (χ2n) is 6.07. The van der Waals surface area contributed by atoms with Gasteiger partial charge in [0.25, 0.3) is 5.89 Å². The quantitative estimate of drug-likeness (QED) is 0.820. The van der Waals surface area contributed by atoms with E-state index in [0.29, 0.717) is 31.4 Å². The Morgan fingerprint density at radius 2 is 1.77 bits per heavy atom. The maximum absolute atomic E-state index is 12.6. The fourth-order valence-corrected chi connectivity index (χ4v) is 4.25. The molecule has 0 unspecified atom stereocenters. The van der Waals surface area contributed by atoms with Crippen LogP contribution in [-0.4, -0.2) is 49.1 Å². The Labute approximate surface area is 148 Å². The second kappa shape index (κ2) is 6.97. The molecule has 0 radical (unpaired) electrons. The van der Waals surface area contributed by atoms with E-state index < -0.39 is 21.8 Å². The van der Waals surface area contributed by atoms with Crippen LogP contribution in [0, 0.1) is 6.92 Å². The summed E-state index contributed by atoms with van der Waals surface area (Å²) < 4.78 is 69.7. The van der Waals surface area contributed by atoms with Gasteiger partial charge in [-0.1, -0.05) is 0 Å². The summed E-state index contributed by atoms with van der Waals surface area (Å²) in [5.41, 5.74) is -0.874. The monoisotopic (exact) mass is 391 g/mol. The van der Waals surface area contributed by atoms with Crippen molar-refractivity contribution in [2.45, 2.75) is 24.5 Å². The van der Waals surface area contributed by atoms with Crippen LogP contribution in [0.25, 0.3) is 0 Å². The van der Waals surface area contributed by atoms with Crippen molar-refractivity contribution in [2.75, 3.05) is 26.2 Å². The van der Waals surface area contributed by atoms with E-state index in [1.807, 2.05) is 0 Å². The number of nitrogens with zero attached hydrogens (tertiary/aromatic N) is 3. The average Bonchev–Trinajstić information content (AvgIpc) is 2.99. The van der Waals surface area contributed by atoms with Crippen molar-refractivity contribution in [2.24, 2.45) is 0 Å². The summed E-state index contributed by atoms with van der Waals surface area (Å²) >= 11 is 0. The predicted molar refractivity (Wildman–Crippen MR) is 83.6 cm³/mol. The number of alkyl halides is 3. The molecule has 3 rings (SSSR count). The summed E-state index contributed by atoms with van der Waals surface area (Å²) in [7, 11) is -3.82. The van der Waals surface area contributed by atoms with Gasteiger partial charge in [-0.25, -0.2) is 8.42 Å². The highest BCUT2D eigenvalue weighted by atomic mass is 32.2. The molecular weight excluding hydrogens is 373 g/mol. The molecule has 7 nitrogen and oxygen atoms in total. The summed E-state index contributed by atoms with van der Waals surface area (Å²) in [6.07, 6.45) is -4.50. The van der Waals surface area contributed by atoms with Crippen LogP contribution >= 0.6 is 0 Å². The summed E-state index contributed by atoms with van der Waals surface area (Å²) in [6.45, 7) is 3.83. The van der Waals surface area contributed by atoms with Crippen molar-refractivity contribution in [1.82, 2.24) is 14.5 Å². The lowest BCUT2D eigenvalue weighted by Gasteiger charge is -2.30. The van der Waals surface area contributed by atoms with Gasteiger partial charge in [-0.2, -0.15) is 17.5 Å². The molecule has 0 amide bonds. The first-order valence-electron chi connectivity index (χ1n) is 7.96. The number of piperazine rings is 1. The minimum absolute atomic E-state index is 0.138. The zero-order valence-corrected chi connectivity index (χ0v) is 14.8. The Balaban J connectivity index is 1.64. The number of aromatic nitrogens is 2. The highest BCUT2D eigenvalue weighted by molar-refractivity contribution is 7.89. The first-order chi connectivity index (χ1) is 12.2. The van der Waals surface area contributed by atoms with E-state index in [-0.39, 0.29) is 18.0 Å². The van der Waals surface area contributed by atoms with Gasteiger partial charge in [0.1, 0.15) is 0 Å². The highest BCUT2D eigenvalue weighted by Gasteiger charge is 2.33. The number of quaternary nitrogens is 1. The predicted octanol–water partition coefficient (Wildman–Crippen LogP) is 0.486. The van der Waals surface area contributed by atoms with Gasteiger partial charge in [0.2, 0.25) is 15.9 Å². The molecule has 1 aliphatic heterocycles. The molecule has 26 heavy (non-hydrogen) atoms. The van der Waals surface area contributed by atoms with Crippen LogP contribution in [0.5, 0.6) is 0 Å². The molecule has 1 aromatic heterocycles. The summed E-state index contributed by atoms with van der Waals surface area (Å²) in [5, 5.41) is 7.68. The van der Waals surface area contributed by atoms with Gasteiger partial charge in [0, 0.05) is 6.92 Å². The van der Waals surface area contributed by atoms with Gasteiger partial charge in [0.05, 0.1) is 36.6 Å². The standard InChI is InChI=1S/C15H17F3N4O3S/c1-11-19-20-14(25-11)10-21-6-8-22(9-7-21)26(23,24)13-4-2-12(3-5-13)15(16,17)18/h2-5H,6-10H2,1H3/p+1. The van der Waals surface area contributed by atoms with Crippen molar-refractivity contribution >= 4 is 10.0 Å². The summed E-state index contributed by atoms with van der Waals surface area (Å²) in [4.78, 5) is 0.967. The minimum Gasteiger partial charge on any atom is -0.420 e. The van der Waals surface area contributed by atoms with Crippen LogP contribution in [0.2, 0.25) is 0 Å². The van der Waals surface area contributed by atoms with Crippen molar-refractivity contribution in [1.29, 1.82) is 0 Å². The smallest absolute Gasteiger partial charge is 0.416 e. The Morgan fingerprint density at radius 3 is 2.27 bits per heavy atom. The van der Waals surface area contributed by atoms with Crippen LogP contribution in [-0.2, 0) is 22.7 Å².